The zero-order valence-electron chi connectivity index (χ0n) is 14.8. The number of nitrogens with one attached hydrogen (secondary N) is 1. The van der Waals surface area contributed by atoms with Crippen molar-refractivity contribution in [1.29, 1.82) is 0 Å². The standard InChI is InChI=1S/C18H28N2O3/c1-13-15(10-11-22-13)19-16-9-7-6-8-14(16)12-20(5)17(21)23-18(2,3)4/h6-9,13,15,19H,10-12H2,1-5H3. The molecule has 5 heteroatoms. The molecule has 0 radical (unpaired) electrons. The van der Waals surface area contributed by atoms with Gasteiger partial charge >= 0.3 is 6.09 Å². The molecule has 0 saturated carbocycles. The monoisotopic (exact) mass is 320 g/mol. The number of anilines is 1. The molecule has 2 rings (SSSR count). The summed E-state index contributed by atoms with van der Waals surface area (Å²) in [6.07, 6.45) is 0.883. The van der Waals surface area contributed by atoms with Crippen molar-refractivity contribution in [1.82, 2.24) is 4.90 Å². The maximum atomic E-state index is 12.1. The van der Waals surface area contributed by atoms with Gasteiger partial charge in [0.15, 0.2) is 0 Å². The summed E-state index contributed by atoms with van der Waals surface area (Å²) >= 11 is 0. The van der Waals surface area contributed by atoms with Gasteiger partial charge in [-0.25, -0.2) is 4.79 Å². The predicted octanol–water partition coefficient (Wildman–Crippen LogP) is 3.64. The van der Waals surface area contributed by atoms with Crippen LogP contribution in [0.2, 0.25) is 0 Å². The average Bonchev–Trinajstić information content (AvgIpc) is 2.84. The molecule has 0 aromatic heterocycles. The first-order chi connectivity index (χ1) is 10.8. The first-order valence-electron chi connectivity index (χ1n) is 8.16. The molecule has 1 fully saturated rings. The van der Waals surface area contributed by atoms with E-state index in [4.69, 9.17) is 9.47 Å². The second kappa shape index (κ2) is 7.21. The zero-order chi connectivity index (χ0) is 17.0. The van der Waals surface area contributed by atoms with Gasteiger partial charge in [-0.15, -0.1) is 0 Å². The van der Waals surface area contributed by atoms with Gasteiger partial charge in [0, 0.05) is 19.3 Å². The smallest absolute Gasteiger partial charge is 0.410 e. The number of amides is 1. The molecule has 1 heterocycles. The Morgan fingerprint density at radius 2 is 2.09 bits per heavy atom. The van der Waals surface area contributed by atoms with Gasteiger partial charge in [-0.1, -0.05) is 18.2 Å². The van der Waals surface area contributed by atoms with Gasteiger partial charge in [-0.05, 0) is 45.7 Å². The molecule has 1 aliphatic rings. The van der Waals surface area contributed by atoms with E-state index >= 15 is 0 Å². The first-order valence-corrected chi connectivity index (χ1v) is 8.16. The first kappa shape index (κ1) is 17.6. The lowest BCUT2D eigenvalue weighted by Crippen LogP contribution is -2.34. The number of benzene rings is 1. The van der Waals surface area contributed by atoms with Gasteiger partial charge in [0.25, 0.3) is 0 Å². The van der Waals surface area contributed by atoms with E-state index in [0.717, 1.165) is 24.3 Å². The van der Waals surface area contributed by atoms with Crippen molar-refractivity contribution >= 4 is 11.8 Å². The number of carbonyl (C=O) groups is 1. The maximum Gasteiger partial charge on any atom is 0.410 e. The summed E-state index contributed by atoms with van der Waals surface area (Å²) in [7, 11) is 1.76. The summed E-state index contributed by atoms with van der Waals surface area (Å²) in [4.78, 5) is 13.7. The molecular weight excluding hydrogens is 292 g/mol. The summed E-state index contributed by atoms with van der Waals surface area (Å²) in [6.45, 7) is 8.99. The third-order valence-electron chi connectivity index (χ3n) is 3.85. The molecule has 1 N–H and O–H groups in total. The van der Waals surface area contributed by atoms with Crippen LogP contribution in [-0.2, 0) is 16.0 Å². The fourth-order valence-corrected chi connectivity index (χ4v) is 2.58. The van der Waals surface area contributed by atoms with E-state index in [0.29, 0.717) is 12.6 Å². The lowest BCUT2D eigenvalue weighted by Gasteiger charge is -2.26. The SMILES string of the molecule is CC1OCCC1Nc1ccccc1CN(C)C(=O)OC(C)(C)C. The minimum Gasteiger partial charge on any atom is -0.444 e. The lowest BCUT2D eigenvalue weighted by molar-refractivity contribution is 0.0285. The maximum absolute atomic E-state index is 12.1. The van der Waals surface area contributed by atoms with Crippen LogP contribution in [0.25, 0.3) is 0 Å². The number of ether oxygens (including phenoxy) is 2. The zero-order valence-corrected chi connectivity index (χ0v) is 14.8. The molecule has 0 aliphatic carbocycles. The molecular formula is C18H28N2O3. The highest BCUT2D eigenvalue weighted by Gasteiger charge is 2.25. The normalized spacial score (nSPS) is 21.1. The van der Waals surface area contributed by atoms with Crippen molar-refractivity contribution in [2.75, 3.05) is 19.0 Å². The Bertz CT molecular complexity index is 539. The second-order valence-corrected chi connectivity index (χ2v) is 7.11. The summed E-state index contributed by atoms with van der Waals surface area (Å²) in [6, 6.07) is 8.37. The van der Waals surface area contributed by atoms with Gasteiger partial charge in [0.1, 0.15) is 5.60 Å². The van der Waals surface area contributed by atoms with E-state index < -0.39 is 5.60 Å². The van der Waals surface area contributed by atoms with Crippen LogP contribution in [0.5, 0.6) is 0 Å². The molecule has 1 aromatic rings. The van der Waals surface area contributed by atoms with Crippen molar-refractivity contribution in [3.63, 3.8) is 0 Å². The van der Waals surface area contributed by atoms with Crippen LogP contribution >= 0.6 is 0 Å². The van der Waals surface area contributed by atoms with Gasteiger partial charge in [0.05, 0.1) is 18.7 Å². The van der Waals surface area contributed by atoms with Crippen molar-refractivity contribution in [2.45, 2.75) is 58.4 Å². The minimum atomic E-state index is -0.486. The number of hydrogen-bond acceptors (Lipinski definition) is 4. The lowest BCUT2D eigenvalue weighted by atomic mass is 10.1. The average molecular weight is 320 g/mol. The largest absolute Gasteiger partial charge is 0.444 e. The molecule has 23 heavy (non-hydrogen) atoms. The van der Waals surface area contributed by atoms with Crippen LogP contribution in [0.1, 0.15) is 39.7 Å². The summed E-state index contributed by atoms with van der Waals surface area (Å²) in [5, 5.41) is 3.55. The minimum absolute atomic E-state index is 0.201. The van der Waals surface area contributed by atoms with Crippen LogP contribution in [0, 0.1) is 0 Å². The van der Waals surface area contributed by atoms with Crippen LogP contribution in [-0.4, -0.2) is 42.4 Å². The molecule has 128 valence electrons. The fourth-order valence-electron chi connectivity index (χ4n) is 2.58. The highest BCUT2D eigenvalue weighted by molar-refractivity contribution is 5.68. The van der Waals surface area contributed by atoms with Crippen molar-refractivity contribution in [3.8, 4) is 0 Å². The Hall–Kier alpha value is -1.75. The van der Waals surface area contributed by atoms with Crippen LogP contribution in [0.4, 0.5) is 10.5 Å². The van der Waals surface area contributed by atoms with Crippen molar-refractivity contribution in [2.24, 2.45) is 0 Å². The highest BCUT2D eigenvalue weighted by Crippen LogP contribution is 2.23. The molecule has 2 atom stereocenters. The number of carbonyl (C=O) groups excluding carboxylic acids is 1. The number of rotatable bonds is 4. The van der Waals surface area contributed by atoms with Gasteiger partial charge in [-0.2, -0.15) is 0 Å². The van der Waals surface area contributed by atoms with E-state index in [1.807, 2.05) is 45.0 Å². The Balaban J connectivity index is 2.03. The fraction of sp³-hybridized carbons (Fsp3) is 0.611. The Morgan fingerprint density at radius 3 is 2.70 bits per heavy atom. The Morgan fingerprint density at radius 1 is 1.39 bits per heavy atom. The molecule has 0 spiro atoms. The summed E-state index contributed by atoms with van der Waals surface area (Å²) in [5.74, 6) is 0. The quantitative estimate of drug-likeness (QED) is 0.920. The number of hydrogen-bond donors (Lipinski definition) is 1. The van der Waals surface area contributed by atoms with E-state index in [1.165, 1.54) is 0 Å². The molecule has 0 bridgehead atoms. The van der Waals surface area contributed by atoms with E-state index in [1.54, 1.807) is 11.9 Å². The van der Waals surface area contributed by atoms with Crippen molar-refractivity contribution in [3.05, 3.63) is 29.8 Å². The molecule has 1 saturated heterocycles. The van der Waals surface area contributed by atoms with Crippen LogP contribution in [0.3, 0.4) is 0 Å². The van der Waals surface area contributed by atoms with Gasteiger partial charge in [-0.3, -0.25) is 0 Å². The summed E-state index contributed by atoms with van der Waals surface area (Å²) in [5.41, 5.74) is 1.63. The number of nitrogens with zero attached hydrogens (tertiary/aromatic N) is 1. The molecule has 1 aliphatic heterocycles. The highest BCUT2D eigenvalue weighted by atomic mass is 16.6. The third kappa shape index (κ3) is 5.13. The second-order valence-electron chi connectivity index (χ2n) is 7.11. The van der Waals surface area contributed by atoms with Crippen LogP contribution < -0.4 is 5.32 Å². The predicted molar refractivity (Wildman–Crippen MR) is 91.6 cm³/mol. The topological polar surface area (TPSA) is 50.8 Å². The van der Waals surface area contributed by atoms with E-state index in [9.17, 15) is 4.79 Å². The van der Waals surface area contributed by atoms with Gasteiger partial charge in [0.2, 0.25) is 0 Å². The molecule has 1 amide bonds. The van der Waals surface area contributed by atoms with E-state index in [2.05, 4.69) is 12.2 Å². The van der Waals surface area contributed by atoms with Crippen molar-refractivity contribution < 1.29 is 14.3 Å². The van der Waals surface area contributed by atoms with Crippen LogP contribution in [0.15, 0.2) is 24.3 Å². The number of para-hydroxylation sites is 1. The Kier molecular flexibility index (Phi) is 5.52. The molecule has 1 aromatic carbocycles. The molecule has 5 nitrogen and oxygen atoms in total. The van der Waals surface area contributed by atoms with Gasteiger partial charge < -0.3 is 19.7 Å². The Labute approximate surface area is 139 Å². The summed E-state index contributed by atoms with van der Waals surface area (Å²) < 4.78 is 11.0. The third-order valence-corrected chi connectivity index (χ3v) is 3.85. The molecule has 2 unspecified atom stereocenters. The van der Waals surface area contributed by atoms with E-state index in [-0.39, 0.29) is 12.2 Å².